The van der Waals surface area contributed by atoms with Gasteiger partial charge in [0, 0.05) is 26.6 Å². The molecule has 2 rings (SSSR count). The van der Waals surface area contributed by atoms with Gasteiger partial charge in [0.2, 0.25) is 0 Å². The molecule has 0 saturated carbocycles. The number of aliphatic imine (C=N–C) groups is 2. The van der Waals surface area contributed by atoms with Crippen molar-refractivity contribution in [2.45, 2.75) is 0 Å². The average Bonchev–Trinajstić information content (AvgIpc) is 2.83. The summed E-state index contributed by atoms with van der Waals surface area (Å²) in [6, 6.07) is 8.84. The number of methoxy groups -OCH3 is 2. The Morgan fingerprint density at radius 3 is 1.28 bits per heavy atom. The predicted molar refractivity (Wildman–Crippen MR) is 116 cm³/mol. The number of carboxylic acids is 2. The third kappa shape index (κ3) is 18.2. The van der Waals surface area contributed by atoms with Crippen LogP contribution in [0.15, 0.2) is 46.4 Å². The Balaban J connectivity index is -0.000000238. The molecular weight excluding hydrogens is 579 g/mol. The van der Waals surface area contributed by atoms with E-state index < -0.39 is 25.0 Å². The van der Waals surface area contributed by atoms with Crippen LogP contribution in [0.4, 0.5) is 0 Å². The molecule has 0 aromatic heterocycles. The van der Waals surface area contributed by atoms with Gasteiger partial charge in [-0.3, -0.25) is 9.98 Å². The summed E-state index contributed by atoms with van der Waals surface area (Å²) in [5.74, 6) is -2.19. The minimum Gasteiger partial charge on any atom is -0.872 e. The van der Waals surface area contributed by atoms with Gasteiger partial charge in [-0.25, -0.2) is 0 Å². The van der Waals surface area contributed by atoms with Crippen LogP contribution in [0.25, 0.3) is 0 Å². The first kappa shape index (κ1) is 40.1. The molecule has 12 nitrogen and oxygen atoms in total. The van der Waals surface area contributed by atoms with Crippen molar-refractivity contribution in [1.29, 1.82) is 0 Å². The van der Waals surface area contributed by atoms with E-state index in [0.717, 1.165) is 14.2 Å². The first-order chi connectivity index (χ1) is 16.3. The molecular formula is C22H26Cu2N2O10. The van der Waals surface area contributed by atoms with Crippen molar-refractivity contribution in [3.05, 3.63) is 47.5 Å². The Kier molecular flexibility index (Phi) is 27.8. The third-order valence-corrected chi connectivity index (χ3v) is 3.34. The van der Waals surface area contributed by atoms with E-state index >= 15 is 0 Å². The van der Waals surface area contributed by atoms with Gasteiger partial charge in [0.25, 0.3) is 0 Å². The molecule has 0 aliphatic heterocycles. The Labute approximate surface area is 229 Å². The fraction of sp³-hybridized carbons (Fsp3) is 0.273. The van der Waals surface area contributed by atoms with Crippen molar-refractivity contribution in [3.8, 4) is 23.0 Å². The minimum atomic E-state index is -1.28. The molecule has 0 spiro atoms. The molecule has 2 aromatic rings. The third-order valence-electron chi connectivity index (χ3n) is 3.34. The molecule has 206 valence electrons. The molecule has 0 fully saturated rings. The Hall–Kier alpha value is -3.12. The van der Waals surface area contributed by atoms with Crippen molar-refractivity contribution in [3.63, 3.8) is 0 Å². The summed E-state index contributed by atoms with van der Waals surface area (Å²) in [5, 5.41) is 56.8. The molecule has 0 heterocycles. The zero-order chi connectivity index (χ0) is 26.5. The van der Waals surface area contributed by atoms with Crippen molar-refractivity contribution >= 4 is 24.4 Å². The molecule has 0 aliphatic carbocycles. The smallest absolute Gasteiger partial charge is 0.872 e. The molecule has 2 aromatic carbocycles. The normalized spacial score (nSPS) is 9.06. The zero-order valence-corrected chi connectivity index (χ0v) is 21.6. The number of carboxylic acid groups (broad SMARTS) is 2. The monoisotopic (exact) mass is 604 g/mol. The maximum atomic E-state index is 11.3. The second kappa shape index (κ2) is 25.0. The van der Waals surface area contributed by atoms with E-state index in [9.17, 15) is 30.0 Å². The zero-order valence-electron chi connectivity index (χ0n) is 19.7. The minimum absolute atomic E-state index is 0. The maximum Gasteiger partial charge on any atom is 2.00 e. The quantitative estimate of drug-likeness (QED) is 0.231. The fourth-order valence-electron chi connectivity index (χ4n) is 1.93. The van der Waals surface area contributed by atoms with Crippen LogP contribution < -0.4 is 29.9 Å². The van der Waals surface area contributed by atoms with Crippen LogP contribution in [0, 0.1) is 0 Å². The first-order valence-corrected chi connectivity index (χ1v) is 9.25. The molecule has 2 radical (unpaired) electrons. The van der Waals surface area contributed by atoms with E-state index in [-0.39, 0.29) is 45.6 Å². The number of hydrogen-bond donors (Lipinski definition) is 2. The van der Waals surface area contributed by atoms with E-state index in [1.807, 2.05) is 0 Å². The number of benzene rings is 2. The number of carbonyl (C=O) groups is 2. The van der Waals surface area contributed by atoms with Crippen molar-refractivity contribution in [2.24, 2.45) is 9.98 Å². The second-order valence-electron chi connectivity index (χ2n) is 5.49. The van der Waals surface area contributed by atoms with E-state index in [4.69, 9.17) is 19.7 Å². The SMILES string of the molecule is CO.CO.COc1ccc(C=NCC(=O)[O-])c([O-])c1.COc1ccc(C=NCC(=O)[O-])c([O-])c1.[Cu+2].[Cu+2]. The molecule has 0 aliphatic rings. The number of aliphatic hydroxyl groups is 2. The van der Waals surface area contributed by atoms with Gasteiger partial charge in [-0.05, 0) is 35.4 Å². The van der Waals surface area contributed by atoms with Gasteiger partial charge in [-0.1, -0.05) is 23.6 Å². The number of carbonyl (C=O) groups excluding carboxylic acids is 2. The Morgan fingerprint density at radius 1 is 0.750 bits per heavy atom. The van der Waals surface area contributed by atoms with E-state index in [2.05, 4.69) is 9.98 Å². The van der Waals surface area contributed by atoms with Gasteiger partial charge in [0.15, 0.2) is 0 Å². The molecule has 0 amide bonds. The number of ether oxygens (including phenoxy) is 2. The molecule has 2 N–H and O–H groups in total. The van der Waals surface area contributed by atoms with E-state index in [0.29, 0.717) is 22.6 Å². The van der Waals surface area contributed by atoms with Crippen LogP contribution in [0.2, 0.25) is 0 Å². The van der Waals surface area contributed by atoms with Gasteiger partial charge in [0.1, 0.15) is 11.5 Å². The fourth-order valence-corrected chi connectivity index (χ4v) is 1.93. The number of nitrogens with zero attached hydrogens (tertiary/aromatic N) is 2. The summed E-state index contributed by atoms with van der Waals surface area (Å²) in [7, 11) is 4.91. The van der Waals surface area contributed by atoms with Gasteiger partial charge in [-0.15, -0.1) is 0 Å². The second-order valence-corrected chi connectivity index (χ2v) is 5.49. The van der Waals surface area contributed by atoms with Crippen molar-refractivity contribution in [1.82, 2.24) is 0 Å². The van der Waals surface area contributed by atoms with Crippen LogP contribution in [-0.4, -0.2) is 76.1 Å². The van der Waals surface area contributed by atoms with Crippen molar-refractivity contribution < 1.29 is 83.8 Å². The largest absolute Gasteiger partial charge is 2.00 e. The Bertz CT molecular complexity index is 866. The predicted octanol–water partition coefficient (Wildman–Crippen LogP) is -2.91. The summed E-state index contributed by atoms with van der Waals surface area (Å²) in [6.45, 7) is -0.906. The molecule has 0 unspecified atom stereocenters. The molecule has 0 bridgehead atoms. The number of aliphatic hydroxyl groups excluding tert-OH is 2. The molecule has 0 saturated heterocycles. The van der Waals surface area contributed by atoms with Crippen molar-refractivity contribution in [2.75, 3.05) is 41.5 Å². The Morgan fingerprint density at radius 2 is 1.06 bits per heavy atom. The first-order valence-electron chi connectivity index (χ1n) is 9.25. The van der Waals surface area contributed by atoms with Gasteiger partial charge in [0.05, 0.1) is 39.2 Å². The van der Waals surface area contributed by atoms with Gasteiger partial charge in [-0.2, -0.15) is 0 Å². The topological polar surface area (TPSA) is 210 Å². The van der Waals surface area contributed by atoms with Crippen LogP contribution in [0.1, 0.15) is 11.1 Å². The summed E-state index contributed by atoms with van der Waals surface area (Å²) >= 11 is 0. The van der Waals surface area contributed by atoms with Gasteiger partial charge < -0.3 is 49.7 Å². The number of rotatable bonds is 8. The molecule has 36 heavy (non-hydrogen) atoms. The van der Waals surface area contributed by atoms with Crippen LogP contribution in [-0.2, 0) is 43.7 Å². The van der Waals surface area contributed by atoms with Crippen LogP contribution in [0.3, 0.4) is 0 Å². The standard InChI is InChI=1S/2C10H11NO4.2CH4O.2Cu/c2*1-15-8-3-2-7(9(12)4-8)5-11-6-10(13)14;2*1-2;;/h2*2-5,12H,6H2,1H3,(H,13,14);2*2H,1H3;;/q;;;;2*+2/p-4. The number of aliphatic carboxylic acids is 2. The maximum absolute atomic E-state index is 11.3. The van der Waals surface area contributed by atoms with Crippen LogP contribution in [0.5, 0.6) is 23.0 Å². The number of hydrogen-bond acceptors (Lipinski definition) is 12. The summed E-state index contributed by atoms with van der Waals surface area (Å²) in [4.78, 5) is 27.2. The summed E-state index contributed by atoms with van der Waals surface area (Å²) in [6.07, 6.45) is 2.41. The molecule has 14 heteroatoms. The average molecular weight is 606 g/mol. The van der Waals surface area contributed by atoms with Gasteiger partial charge >= 0.3 is 34.1 Å². The summed E-state index contributed by atoms with van der Waals surface area (Å²) in [5.41, 5.74) is 0.633. The molecule has 0 atom stereocenters. The van der Waals surface area contributed by atoms with E-state index in [1.165, 1.54) is 50.9 Å². The van der Waals surface area contributed by atoms with E-state index in [1.54, 1.807) is 12.1 Å². The summed E-state index contributed by atoms with van der Waals surface area (Å²) < 4.78 is 9.69. The van der Waals surface area contributed by atoms with Crippen LogP contribution >= 0.6 is 0 Å².